The van der Waals surface area contributed by atoms with Crippen LogP contribution in [0.2, 0.25) is 5.02 Å². The van der Waals surface area contributed by atoms with Crippen molar-refractivity contribution in [3.8, 4) is 10.4 Å². The molecule has 0 saturated carbocycles. The van der Waals surface area contributed by atoms with Gasteiger partial charge in [0.15, 0.2) is 0 Å². The van der Waals surface area contributed by atoms with Gasteiger partial charge >= 0.3 is 0 Å². The van der Waals surface area contributed by atoms with E-state index >= 15 is 0 Å². The summed E-state index contributed by atoms with van der Waals surface area (Å²) in [7, 11) is -2.18. The molecule has 1 fully saturated rings. The monoisotopic (exact) mass is 566 g/mol. The Hall–Kier alpha value is -3.47. The number of rotatable bonds is 8. The Morgan fingerprint density at radius 1 is 1.29 bits per heavy atom. The van der Waals surface area contributed by atoms with Gasteiger partial charge in [-0.2, -0.15) is 5.10 Å². The van der Waals surface area contributed by atoms with Crippen LogP contribution in [-0.4, -0.2) is 54.9 Å². The highest BCUT2D eigenvalue weighted by Gasteiger charge is 2.24. The normalized spacial score (nSPS) is 14.6. The molecule has 0 bridgehead atoms. The van der Waals surface area contributed by atoms with Crippen LogP contribution in [-0.2, 0) is 10.0 Å². The summed E-state index contributed by atoms with van der Waals surface area (Å²) >= 11 is 7.56. The molecule has 1 aromatic carbocycles. The van der Waals surface area contributed by atoms with E-state index in [1.165, 1.54) is 23.5 Å². The van der Waals surface area contributed by atoms with E-state index in [4.69, 9.17) is 16.6 Å². The van der Waals surface area contributed by atoms with E-state index in [1.54, 1.807) is 31.4 Å². The maximum atomic E-state index is 13.4. The molecule has 11 heteroatoms. The number of benzene rings is 1. The second-order valence-corrected chi connectivity index (χ2v) is 12.1. The van der Waals surface area contributed by atoms with Crippen molar-refractivity contribution in [1.82, 2.24) is 20.1 Å². The molecular weight excluding hydrogens is 540 g/mol. The average Bonchev–Trinajstić information content (AvgIpc) is 3.64. The molecule has 196 valence electrons. The number of aromatic amines is 1. The Morgan fingerprint density at radius 3 is 2.76 bits per heavy atom. The minimum absolute atomic E-state index is 0.0775. The first kappa shape index (κ1) is 26.1. The van der Waals surface area contributed by atoms with Crippen LogP contribution < -0.4 is 4.72 Å². The van der Waals surface area contributed by atoms with E-state index in [2.05, 4.69) is 31.4 Å². The van der Waals surface area contributed by atoms with Gasteiger partial charge in [-0.15, -0.1) is 11.3 Å². The number of nitrogens with zero attached hydrogens (tertiary/aromatic N) is 4. The smallest absolute Gasteiger partial charge is 0.261 e. The van der Waals surface area contributed by atoms with Crippen LogP contribution in [0.3, 0.4) is 0 Å². The summed E-state index contributed by atoms with van der Waals surface area (Å²) in [6.07, 6.45) is 9.65. The standard InChI is InChI=1S/C27H27ClN6O2S2/c1-17(11-21(16-29-3)34-9-4-5-10-34)24-25-23(33-38(35,36)22-8-6-7-20(28)13-22)12-18(2)32-27(25)37-26(24)19-14-30-31-15-19/h6-8,11-16H,1,4-5,9-10H2,2-3H3,(H,30,31)(H,32,33)/b21-11+,29-16?. The first-order valence-corrected chi connectivity index (χ1v) is 14.7. The van der Waals surface area contributed by atoms with Gasteiger partial charge in [-0.25, -0.2) is 13.4 Å². The van der Waals surface area contributed by atoms with Crippen LogP contribution in [0.1, 0.15) is 24.1 Å². The second kappa shape index (κ2) is 10.7. The maximum absolute atomic E-state index is 13.4. The molecule has 0 amide bonds. The molecule has 0 aliphatic carbocycles. The SMILES string of the molecule is C=C(/C=C(\C=NC)N1CCCC1)c1c(-c2cn[nH]c2)sc2nc(C)cc(NS(=O)(=O)c3cccc(Cl)c3)c12. The van der Waals surface area contributed by atoms with Crippen LogP contribution in [0.5, 0.6) is 0 Å². The molecule has 4 aromatic rings. The first-order chi connectivity index (χ1) is 18.3. The zero-order chi connectivity index (χ0) is 26.9. The fourth-order valence-electron chi connectivity index (χ4n) is 4.59. The summed E-state index contributed by atoms with van der Waals surface area (Å²) in [5.41, 5.74) is 4.46. The lowest BCUT2D eigenvalue weighted by Crippen LogP contribution is -2.19. The van der Waals surface area contributed by atoms with Gasteiger partial charge in [0.05, 0.1) is 22.5 Å². The number of halogens is 1. The predicted octanol–water partition coefficient (Wildman–Crippen LogP) is 6.14. The summed E-state index contributed by atoms with van der Waals surface area (Å²) in [6, 6.07) is 7.93. The molecule has 0 unspecified atom stereocenters. The van der Waals surface area contributed by atoms with E-state index in [-0.39, 0.29) is 4.90 Å². The zero-order valence-electron chi connectivity index (χ0n) is 21.0. The van der Waals surface area contributed by atoms with Crippen molar-refractivity contribution >= 4 is 60.7 Å². The molecule has 0 atom stereocenters. The van der Waals surface area contributed by atoms with Crippen LogP contribution in [0.25, 0.3) is 26.2 Å². The number of hydrogen-bond acceptors (Lipinski definition) is 7. The highest BCUT2D eigenvalue weighted by Crippen LogP contribution is 2.45. The molecule has 38 heavy (non-hydrogen) atoms. The second-order valence-electron chi connectivity index (χ2n) is 9.02. The number of thiophene rings is 1. The van der Waals surface area contributed by atoms with Gasteiger partial charge in [0.25, 0.3) is 10.0 Å². The Bertz CT molecular complexity index is 1670. The summed E-state index contributed by atoms with van der Waals surface area (Å²) in [4.78, 5) is 13.0. The average molecular weight is 567 g/mol. The maximum Gasteiger partial charge on any atom is 0.261 e. The van der Waals surface area contributed by atoms with Crippen molar-refractivity contribution in [2.45, 2.75) is 24.7 Å². The van der Waals surface area contributed by atoms with Gasteiger partial charge in [0.2, 0.25) is 0 Å². The molecule has 5 rings (SSSR count). The van der Waals surface area contributed by atoms with Gasteiger partial charge in [-0.1, -0.05) is 24.2 Å². The molecule has 8 nitrogen and oxygen atoms in total. The fourth-order valence-corrected chi connectivity index (χ4v) is 7.22. The number of sulfonamides is 1. The number of likely N-dealkylation sites (tertiary alicyclic amines) is 1. The Morgan fingerprint density at radius 2 is 2.08 bits per heavy atom. The molecule has 4 heterocycles. The predicted molar refractivity (Wildman–Crippen MR) is 157 cm³/mol. The lowest BCUT2D eigenvalue weighted by atomic mass is 10.00. The molecule has 1 saturated heterocycles. The van der Waals surface area contributed by atoms with Crippen LogP contribution in [0.15, 0.2) is 71.0 Å². The highest BCUT2D eigenvalue weighted by atomic mass is 35.5. The molecule has 3 aromatic heterocycles. The van der Waals surface area contributed by atoms with Crippen molar-refractivity contribution in [3.63, 3.8) is 0 Å². The van der Waals surface area contributed by atoms with E-state index in [0.29, 0.717) is 26.6 Å². The highest BCUT2D eigenvalue weighted by molar-refractivity contribution is 7.92. The van der Waals surface area contributed by atoms with Crippen molar-refractivity contribution < 1.29 is 8.42 Å². The fraction of sp³-hybridized carbons (Fsp3) is 0.222. The third kappa shape index (κ3) is 5.24. The zero-order valence-corrected chi connectivity index (χ0v) is 23.4. The van der Waals surface area contributed by atoms with Gasteiger partial charge in [-0.05, 0) is 55.7 Å². The minimum Gasteiger partial charge on any atom is -0.370 e. The number of H-pyrrole nitrogens is 1. The quantitative estimate of drug-likeness (QED) is 0.197. The summed E-state index contributed by atoms with van der Waals surface area (Å²) < 4.78 is 29.6. The summed E-state index contributed by atoms with van der Waals surface area (Å²) in [5.74, 6) is 0. The summed E-state index contributed by atoms with van der Waals surface area (Å²) in [5, 5.41) is 8.03. The van der Waals surface area contributed by atoms with Gasteiger partial charge in [0.1, 0.15) is 4.83 Å². The number of nitrogens with one attached hydrogen (secondary N) is 2. The number of aliphatic imine (C=N–C) groups is 1. The van der Waals surface area contributed by atoms with Gasteiger partial charge in [-0.3, -0.25) is 14.8 Å². The van der Waals surface area contributed by atoms with Crippen LogP contribution in [0.4, 0.5) is 5.69 Å². The number of pyridine rings is 1. The Kier molecular flexibility index (Phi) is 7.38. The first-order valence-electron chi connectivity index (χ1n) is 12.1. The van der Waals surface area contributed by atoms with E-state index in [0.717, 1.165) is 53.2 Å². The number of fused-ring (bicyclic) bond motifs is 1. The number of allylic oxidation sites excluding steroid dienone is 3. The molecular formula is C27H27ClN6O2S2. The Balaban J connectivity index is 1.70. The lowest BCUT2D eigenvalue weighted by Gasteiger charge is -2.19. The molecule has 1 aliphatic heterocycles. The van der Waals surface area contributed by atoms with Crippen molar-refractivity contribution in [3.05, 3.63) is 77.4 Å². The number of hydrogen-bond donors (Lipinski definition) is 2. The van der Waals surface area contributed by atoms with E-state index < -0.39 is 10.0 Å². The van der Waals surface area contributed by atoms with E-state index in [1.807, 2.05) is 25.4 Å². The Labute approximate surface area is 230 Å². The molecule has 1 aliphatic rings. The minimum atomic E-state index is -3.93. The number of aromatic nitrogens is 3. The van der Waals surface area contributed by atoms with Crippen LogP contribution >= 0.6 is 22.9 Å². The molecule has 2 N–H and O–H groups in total. The third-order valence-electron chi connectivity index (χ3n) is 6.28. The van der Waals surface area contributed by atoms with Gasteiger partial charge < -0.3 is 4.90 Å². The van der Waals surface area contributed by atoms with Gasteiger partial charge in [0, 0.05) is 64.7 Å². The summed E-state index contributed by atoms with van der Waals surface area (Å²) in [6.45, 7) is 8.18. The largest absolute Gasteiger partial charge is 0.370 e. The van der Waals surface area contributed by atoms with Crippen molar-refractivity contribution in [2.24, 2.45) is 4.99 Å². The number of anilines is 1. The number of aryl methyl sites for hydroxylation is 1. The van der Waals surface area contributed by atoms with E-state index in [9.17, 15) is 8.42 Å². The topological polar surface area (TPSA) is 103 Å². The molecule has 0 spiro atoms. The van der Waals surface area contributed by atoms with Crippen LogP contribution in [0, 0.1) is 6.92 Å². The van der Waals surface area contributed by atoms with Crippen molar-refractivity contribution in [1.29, 1.82) is 0 Å². The lowest BCUT2D eigenvalue weighted by molar-refractivity contribution is 0.450. The third-order valence-corrected chi connectivity index (χ3v) is 9.01. The van der Waals surface area contributed by atoms with Crippen molar-refractivity contribution in [2.75, 3.05) is 24.9 Å². The molecule has 0 radical (unpaired) electrons.